The number of thiophene rings is 1. The number of carbonyl (C=O) groups excluding carboxylic acids is 1. The zero-order valence-electron chi connectivity index (χ0n) is 14.2. The molecule has 3 aromatic heterocycles. The zero-order valence-corrected chi connectivity index (χ0v) is 15.8. The van der Waals surface area contributed by atoms with E-state index in [2.05, 4.69) is 28.8 Å². The fraction of sp³-hybridized carbons (Fsp3) is 0.333. The molecule has 3 heterocycles. The molecule has 0 unspecified atom stereocenters. The predicted octanol–water partition coefficient (Wildman–Crippen LogP) is 3.97. The van der Waals surface area contributed by atoms with Crippen LogP contribution in [0.1, 0.15) is 22.4 Å². The van der Waals surface area contributed by atoms with Gasteiger partial charge in [0.2, 0.25) is 0 Å². The number of hydrogen-bond acceptors (Lipinski definition) is 7. The summed E-state index contributed by atoms with van der Waals surface area (Å²) in [6.45, 7) is 4.56. The second-order valence-electron chi connectivity index (χ2n) is 5.62. The molecule has 0 saturated carbocycles. The van der Waals surface area contributed by atoms with Crippen LogP contribution in [0.15, 0.2) is 35.9 Å². The van der Waals surface area contributed by atoms with Crippen LogP contribution in [0.3, 0.4) is 0 Å². The highest BCUT2D eigenvalue weighted by atomic mass is 32.2. The van der Waals surface area contributed by atoms with Gasteiger partial charge in [0.05, 0.1) is 12.4 Å². The smallest absolute Gasteiger partial charge is 0.316 e. The number of aryl methyl sites for hydroxylation is 3. The molecule has 3 rings (SSSR count). The molecule has 0 spiro atoms. The zero-order chi connectivity index (χ0) is 17.6. The number of nitrogens with zero attached hydrogens (tertiary/aromatic N) is 3. The molecule has 0 fully saturated rings. The lowest BCUT2D eigenvalue weighted by molar-refractivity contribution is -0.140. The van der Waals surface area contributed by atoms with Crippen LogP contribution in [0.4, 0.5) is 0 Å². The largest absolute Gasteiger partial charge is 0.465 e. The maximum absolute atomic E-state index is 12.0. The van der Waals surface area contributed by atoms with E-state index in [0.29, 0.717) is 6.61 Å². The normalized spacial score (nSPS) is 11.0. The molecule has 0 atom stereocenters. The minimum atomic E-state index is -0.215. The summed E-state index contributed by atoms with van der Waals surface area (Å²) in [6.07, 6.45) is 6.79. The molecule has 5 nitrogen and oxygen atoms in total. The summed E-state index contributed by atoms with van der Waals surface area (Å²) in [5, 5.41) is 1.90. The Hall–Kier alpha value is -1.99. The summed E-state index contributed by atoms with van der Waals surface area (Å²) in [7, 11) is 0. The standard InChI is InChI=1S/C18H19N3O2S2/c1-12-13(2)25-18-16(12)17(20-11-21-18)24-10-15(22)23-8-4-6-14-5-3-7-19-9-14/h3,5,7,9,11H,4,6,8,10H2,1-2H3. The molecule has 0 aliphatic carbocycles. The van der Waals surface area contributed by atoms with Gasteiger partial charge < -0.3 is 4.74 Å². The van der Waals surface area contributed by atoms with E-state index in [1.54, 1.807) is 23.9 Å². The number of carbonyl (C=O) groups is 1. The maximum atomic E-state index is 12.0. The van der Waals surface area contributed by atoms with Crippen molar-refractivity contribution >= 4 is 39.3 Å². The first-order valence-electron chi connectivity index (χ1n) is 8.03. The highest BCUT2D eigenvalue weighted by Crippen LogP contribution is 2.34. The molecule has 0 amide bonds. The average molecular weight is 374 g/mol. The Labute approximate surface area is 154 Å². The summed E-state index contributed by atoms with van der Waals surface area (Å²) < 4.78 is 5.31. The van der Waals surface area contributed by atoms with Crippen molar-refractivity contribution in [1.29, 1.82) is 0 Å². The Kier molecular flexibility index (Phi) is 5.99. The van der Waals surface area contributed by atoms with Crippen molar-refractivity contribution in [2.45, 2.75) is 31.7 Å². The quantitative estimate of drug-likeness (QED) is 0.270. The summed E-state index contributed by atoms with van der Waals surface area (Å²) in [6, 6.07) is 3.94. The third-order valence-corrected chi connectivity index (χ3v) is 5.93. The molecule has 0 radical (unpaired) electrons. The van der Waals surface area contributed by atoms with Crippen LogP contribution in [0.5, 0.6) is 0 Å². The molecule has 0 aliphatic heterocycles. The van der Waals surface area contributed by atoms with Gasteiger partial charge in [0.25, 0.3) is 0 Å². The van der Waals surface area contributed by atoms with E-state index in [9.17, 15) is 4.79 Å². The monoisotopic (exact) mass is 373 g/mol. The van der Waals surface area contributed by atoms with Gasteiger partial charge in [0.15, 0.2) is 0 Å². The van der Waals surface area contributed by atoms with E-state index in [0.717, 1.165) is 33.6 Å². The lowest BCUT2D eigenvalue weighted by Gasteiger charge is -2.05. The van der Waals surface area contributed by atoms with E-state index in [1.807, 2.05) is 18.3 Å². The minimum Gasteiger partial charge on any atom is -0.465 e. The average Bonchev–Trinajstić information content (AvgIpc) is 2.93. The first kappa shape index (κ1) is 17.8. The molecule has 0 aromatic carbocycles. The lowest BCUT2D eigenvalue weighted by atomic mass is 10.2. The van der Waals surface area contributed by atoms with Gasteiger partial charge in [-0.05, 0) is 43.9 Å². The van der Waals surface area contributed by atoms with Gasteiger partial charge in [0.1, 0.15) is 16.2 Å². The highest BCUT2D eigenvalue weighted by Gasteiger charge is 2.14. The lowest BCUT2D eigenvalue weighted by Crippen LogP contribution is -2.09. The summed E-state index contributed by atoms with van der Waals surface area (Å²) in [5.41, 5.74) is 2.34. The Bertz CT molecular complexity index is 865. The Morgan fingerprint density at radius 2 is 2.20 bits per heavy atom. The fourth-order valence-electron chi connectivity index (χ4n) is 2.44. The van der Waals surface area contributed by atoms with Crippen molar-refractivity contribution in [1.82, 2.24) is 15.0 Å². The molecule has 0 saturated heterocycles. The molecule has 3 aromatic rings. The molecular formula is C18H19N3O2S2. The van der Waals surface area contributed by atoms with E-state index in [4.69, 9.17) is 4.74 Å². The topological polar surface area (TPSA) is 65.0 Å². The molecule has 0 bridgehead atoms. The molecular weight excluding hydrogens is 354 g/mol. The summed E-state index contributed by atoms with van der Waals surface area (Å²) >= 11 is 3.07. The van der Waals surface area contributed by atoms with Crippen LogP contribution in [0.25, 0.3) is 10.2 Å². The second kappa shape index (κ2) is 8.40. The molecule has 0 N–H and O–H groups in total. The van der Waals surface area contributed by atoms with Gasteiger partial charge in [-0.1, -0.05) is 17.8 Å². The predicted molar refractivity (Wildman–Crippen MR) is 101 cm³/mol. The van der Waals surface area contributed by atoms with Crippen molar-refractivity contribution in [2.75, 3.05) is 12.4 Å². The van der Waals surface area contributed by atoms with Crippen LogP contribution in [-0.4, -0.2) is 33.3 Å². The second-order valence-corrected chi connectivity index (χ2v) is 7.78. The first-order valence-corrected chi connectivity index (χ1v) is 9.83. The van der Waals surface area contributed by atoms with E-state index >= 15 is 0 Å². The van der Waals surface area contributed by atoms with Gasteiger partial charge in [-0.2, -0.15) is 0 Å². The van der Waals surface area contributed by atoms with Crippen LogP contribution in [0, 0.1) is 13.8 Å². The highest BCUT2D eigenvalue weighted by molar-refractivity contribution is 8.00. The van der Waals surface area contributed by atoms with Crippen LogP contribution in [-0.2, 0) is 16.0 Å². The Balaban J connectivity index is 1.48. The first-order chi connectivity index (χ1) is 12.1. The number of pyridine rings is 1. The van der Waals surface area contributed by atoms with Gasteiger partial charge in [0, 0.05) is 22.7 Å². The van der Waals surface area contributed by atoms with Gasteiger partial charge >= 0.3 is 5.97 Å². The third kappa shape index (κ3) is 4.55. The van der Waals surface area contributed by atoms with Crippen molar-refractivity contribution < 1.29 is 9.53 Å². The van der Waals surface area contributed by atoms with Gasteiger partial charge in [-0.15, -0.1) is 11.3 Å². The molecule has 25 heavy (non-hydrogen) atoms. The number of hydrogen-bond donors (Lipinski definition) is 0. The number of aromatic nitrogens is 3. The number of rotatable bonds is 7. The molecule has 130 valence electrons. The van der Waals surface area contributed by atoms with Crippen molar-refractivity contribution in [3.05, 3.63) is 46.9 Å². The molecule has 0 aliphatic rings. The van der Waals surface area contributed by atoms with Crippen LogP contribution >= 0.6 is 23.1 Å². The Morgan fingerprint density at radius 3 is 3.00 bits per heavy atom. The van der Waals surface area contributed by atoms with Crippen LogP contribution < -0.4 is 0 Å². The van der Waals surface area contributed by atoms with E-state index < -0.39 is 0 Å². The summed E-state index contributed by atoms with van der Waals surface area (Å²) in [4.78, 5) is 26.9. The van der Waals surface area contributed by atoms with Crippen LogP contribution in [0.2, 0.25) is 0 Å². The maximum Gasteiger partial charge on any atom is 0.316 e. The van der Waals surface area contributed by atoms with Crippen molar-refractivity contribution in [3.8, 4) is 0 Å². The molecule has 7 heteroatoms. The SMILES string of the molecule is Cc1sc2ncnc(SCC(=O)OCCCc3cccnc3)c2c1C. The number of thioether (sulfide) groups is 1. The van der Waals surface area contributed by atoms with Gasteiger partial charge in [-0.3, -0.25) is 9.78 Å². The summed E-state index contributed by atoms with van der Waals surface area (Å²) in [5.74, 6) is 0.0421. The fourth-order valence-corrected chi connectivity index (χ4v) is 4.35. The van der Waals surface area contributed by atoms with E-state index in [1.165, 1.54) is 22.2 Å². The van der Waals surface area contributed by atoms with Crippen molar-refractivity contribution in [3.63, 3.8) is 0 Å². The number of fused-ring (bicyclic) bond motifs is 1. The Morgan fingerprint density at radius 1 is 1.32 bits per heavy atom. The number of ether oxygens (including phenoxy) is 1. The van der Waals surface area contributed by atoms with Gasteiger partial charge in [-0.25, -0.2) is 9.97 Å². The van der Waals surface area contributed by atoms with E-state index in [-0.39, 0.29) is 11.7 Å². The third-order valence-electron chi connectivity index (χ3n) is 3.85. The number of esters is 1. The van der Waals surface area contributed by atoms with Crippen molar-refractivity contribution in [2.24, 2.45) is 0 Å². The minimum absolute atomic E-state index is 0.215.